The predicted molar refractivity (Wildman–Crippen MR) is 103 cm³/mol. The Morgan fingerprint density at radius 1 is 1.15 bits per heavy atom. The van der Waals surface area contributed by atoms with E-state index in [1.165, 1.54) is 24.3 Å². The largest absolute Gasteiger partial charge is 0.379 e. The number of morpholine rings is 1. The predicted octanol–water partition coefficient (Wildman–Crippen LogP) is 3.70. The summed E-state index contributed by atoms with van der Waals surface area (Å²) in [5.41, 5.74) is 1.41. The highest BCUT2D eigenvalue weighted by molar-refractivity contribution is 6.31. The molecule has 1 N–H and O–H groups in total. The van der Waals surface area contributed by atoms with Gasteiger partial charge in [0.1, 0.15) is 5.82 Å². The maximum absolute atomic E-state index is 13.0. The van der Waals surface area contributed by atoms with Gasteiger partial charge in [0.25, 0.3) is 5.91 Å². The minimum Gasteiger partial charge on any atom is -0.379 e. The van der Waals surface area contributed by atoms with Gasteiger partial charge in [-0.15, -0.1) is 12.4 Å². The van der Waals surface area contributed by atoms with Gasteiger partial charge in [-0.3, -0.25) is 9.69 Å². The molecule has 140 valence electrons. The number of hydrogen-bond acceptors (Lipinski definition) is 3. The fraction of sp³-hybridized carbons (Fsp3) is 0.316. The second-order valence-corrected chi connectivity index (χ2v) is 6.31. The van der Waals surface area contributed by atoms with E-state index >= 15 is 0 Å². The lowest BCUT2D eigenvalue weighted by molar-refractivity contribution is 0.0162. The van der Waals surface area contributed by atoms with Crippen molar-refractivity contribution < 1.29 is 13.9 Å². The van der Waals surface area contributed by atoms with Gasteiger partial charge >= 0.3 is 0 Å². The van der Waals surface area contributed by atoms with Crippen LogP contribution in [-0.2, 0) is 4.74 Å². The van der Waals surface area contributed by atoms with E-state index in [0.717, 1.165) is 18.7 Å². The van der Waals surface area contributed by atoms with Gasteiger partial charge in [0, 0.05) is 30.2 Å². The number of carbonyl (C=O) groups excluding carboxylic acids is 1. The molecule has 1 fully saturated rings. The topological polar surface area (TPSA) is 41.6 Å². The Labute approximate surface area is 163 Å². The normalized spacial score (nSPS) is 15.8. The van der Waals surface area contributed by atoms with Crippen LogP contribution in [0.25, 0.3) is 0 Å². The lowest BCUT2D eigenvalue weighted by Gasteiger charge is -2.35. The van der Waals surface area contributed by atoms with E-state index in [0.29, 0.717) is 30.3 Å². The molecule has 0 spiro atoms. The van der Waals surface area contributed by atoms with Crippen molar-refractivity contribution in [1.82, 2.24) is 10.2 Å². The third kappa shape index (κ3) is 5.17. The van der Waals surface area contributed by atoms with Crippen LogP contribution in [0.15, 0.2) is 48.5 Å². The van der Waals surface area contributed by atoms with E-state index in [1.54, 1.807) is 0 Å². The van der Waals surface area contributed by atoms with Gasteiger partial charge in [-0.2, -0.15) is 0 Å². The Morgan fingerprint density at radius 2 is 1.81 bits per heavy atom. The first-order valence-corrected chi connectivity index (χ1v) is 8.63. The molecule has 26 heavy (non-hydrogen) atoms. The van der Waals surface area contributed by atoms with Crippen molar-refractivity contribution in [1.29, 1.82) is 0 Å². The molecule has 4 nitrogen and oxygen atoms in total. The molecule has 0 radical (unpaired) electrons. The molecule has 0 bridgehead atoms. The van der Waals surface area contributed by atoms with E-state index < -0.39 is 0 Å². The average molecular weight is 399 g/mol. The molecular weight excluding hydrogens is 378 g/mol. The highest BCUT2D eigenvalue weighted by atomic mass is 35.5. The fourth-order valence-corrected chi connectivity index (χ4v) is 3.22. The van der Waals surface area contributed by atoms with Crippen LogP contribution in [0, 0.1) is 5.82 Å². The Balaban J connectivity index is 0.00000243. The number of ether oxygens (including phenoxy) is 1. The van der Waals surface area contributed by atoms with Crippen LogP contribution in [0.5, 0.6) is 0 Å². The van der Waals surface area contributed by atoms with Crippen molar-refractivity contribution in [2.45, 2.75) is 6.04 Å². The van der Waals surface area contributed by atoms with Gasteiger partial charge in [-0.1, -0.05) is 29.8 Å². The second kappa shape index (κ2) is 9.88. The second-order valence-electron chi connectivity index (χ2n) is 5.90. The summed E-state index contributed by atoms with van der Waals surface area (Å²) in [6.45, 7) is 3.30. The van der Waals surface area contributed by atoms with Crippen LogP contribution in [0.1, 0.15) is 22.0 Å². The quantitative estimate of drug-likeness (QED) is 0.834. The lowest BCUT2D eigenvalue weighted by Crippen LogP contribution is -2.44. The van der Waals surface area contributed by atoms with Gasteiger partial charge in [-0.25, -0.2) is 4.39 Å². The highest BCUT2D eigenvalue weighted by Gasteiger charge is 2.25. The monoisotopic (exact) mass is 398 g/mol. The average Bonchev–Trinajstić information content (AvgIpc) is 2.64. The summed E-state index contributed by atoms with van der Waals surface area (Å²) in [4.78, 5) is 14.6. The maximum Gasteiger partial charge on any atom is 0.251 e. The summed E-state index contributed by atoms with van der Waals surface area (Å²) in [7, 11) is 0. The number of halogens is 3. The molecule has 1 unspecified atom stereocenters. The standard InChI is InChI=1S/C19H20ClFN2O2.ClH/c20-17-4-2-1-3-16(17)18(23-9-11-25-12-10-23)13-22-19(24)14-5-7-15(21)8-6-14;/h1-8,18H,9-13H2,(H,22,24);1H. The smallest absolute Gasteiger partial charge is 0.251 e. The van der Waals surface area contributed by atoms with Crippen molar-refractivity contribution in [3.05, 3.63) is 70.5 Å². The van der Waals surface area contributed by atoms with E-state index in [4.69, 9.17) is 16.3 Å². The van der Waals surface area contributed by atoms with Crippen LogP contribution >= 0.6 is 24.0 Å². The number of rotatable bonds is 5. The van der Waals surface area contributed by atoms with Crippen LogP contribution in [0.2, 0.25) is 5.02 Å². The van der Waals surface area contributed by atoms with Gasteiger partial charge in [0.2, 0.25) is 0 Å². The third-order valence-corrected chi connectivity index (χ3v) is 4.66. The molecule has 1 aliphatic heterocycles. The molecule has 3 rings (SSSR count). The minimum absolute atomic E-state index is 0. The summed E-state index contributed by atoms with van der Waals surface area (Å²) in [6.07, 6.45) is 0. The van der Waals surface area contributed by atoms with Crippen LogP contribution in [0.3, 0.4) is 0 Å². The summed E-state index contributed by atoms with van der Waals surface area (Å²) in [5.74, 6) is -0.593. The zero-order valence-electron chi connectivity index (χ0n) is 14.2. The van der Waals surface area contributed by atoms with Crippen LogP contribution in [-0.4, -0.2) is 43.7 Å². The van der Waals surface area contributed by atoms with Crippen molar-refractivity contribution in [3.63, 3.8) is 0 Å². The first-order valence-electron chi connectivity index (χ1n) is 8.25. The Hall–Kier alpha value is -1.66. The summed E-state index contributed by atoms with van der Waals surface area (Å²) in [6, 6.07) is 13.1. The number of nitrogens with one attached hydrogen (secondary N) is 1. The first-order chi connectivity index (χ1) is 12.1. The zero-order chi connectivity index (χ0) is 17.6. The molecule has 1 atom stereocenters. The molecule has 1 amide bonds. The molecule has 2 aromatic rings. The van der Waals surface area contributed by atoms with Gasteiger partial charge in [0.05, 0.1) is 19.3 Å². The number of hydrogen-bond donors (Lipinski definition) is 1. The maximum atomic E-state index is 13.0. The van der Waals surface area contributed by atoms with Gasteiger partial charge < -0.3 is 10.1 Å². The van der Waals surface area contributed by atoms with Crippen LogP contribution < -0.4 is 5.32 Å². The summed E-state index contributed by atoms with van der Waals surface area (Å²) < 4.78 is 18.4. The number of benzene rings is 2. The summed E-state index contributed by atoms with van der Waals surface area (Å²) in [5, 5.41) is 3.61. The lowest BCUT2D eigenvalue weighted by atomic mass is 10.0. The van der Waals surface area contributed by atoms with E-state index in [-0.39, 0.29) is 30.2 Å². The molecule has 1 heterocycles. The Morgan fingerprint density at radius 3 is 2.46 bits per heavy atom. The third-order valence-electron chi connectivity index (χ3n) is 4.31. The molecule has 0 aliphatic carbocycles. The van der Waals surface area contributed by atoms with E-state index in [1.807, 2.05) is 24.3 Å². The molecule has 7 heteroatoms. The minimum atomic E-state index is -0.362. The molecule has 1 saturated heterocycles. The van der Waals surface area contributed by atoms with E-state index in [9.17, 15) is 9.18 Å². The van der Waals surface area contributed by atoms with Crippen molar-refractivity contribution in [2.75, 3.05) is 32.8 Å². The van der Waals surface area contributed by atoms with E-state index in [2.05, 4.69) is 10.2 Å². The van der Waals surface area contributed by atoms with Crippen LogP contribution in [0.4, 0.5) is 4.39 Å². The molecule has 2 aromatic carbocycles. The van der Waals surface area contributed by atoms with Crippen molar-refractivity contribution in [2.24, 2.45) is 0 Å². The molecule has 1 aliphatic rings. The van der Waals surface area contributed by atoms with Crippen molar-refractivity contribution >= 4 is 29.9 Å². The molecule has 0 saturated carbocycles. The zero-order valence-corrected chi connectivity index (χ0v) is 15.7. The van der Waals surface area contributed by atoms with Crippen molar-refractivity contribution in [3.8, 4) is 0 Å². The molecular formula is C19H21Cl2FN2O2. The number of nitrogens with zero attached hydrogens (tertiary/aromatic N) is 1. The molecule has 0 aromatic heterocycles. The fourth-order valence-electron chi connectivity index (χ4n) is 2.96. The highest BCUT2D eigenvalue weighted by Crippen LogP contribution is 2.27. The number of carbonyl (C=O) groups is 1. The van der Waals surface area contributed by atoms with Gasteiger partial charge in [0.15, 0.2) is 0 Å². The summed E-state index contributed by atoms with van der Waals surface area (Å²) >= 11 is 6.38. The Bertz CT molecular complexity index is 722. The number of amides is 1. The Kier molecular flexibility index (Phi) is 7.85. The first kappa shape index (κ1) is 20.6. The van der Waals surface area contributed by atoms with Gasteiger partial charge in [-0.05, 0) is 35.9 Å². The SMILES string of the molecule is Cl.O=C(NCC(c1ccccc1Cl)N1CCOCC1)c1ccc(F)cc1.